The normalized spacial score (nSPS) is 14.7. The summed E-state index contributed by atoms with van der Waals surface area (Å²) in [5, 5.41) is 3.36. The van der Waals surface area contributed by atoms with E-state index >= 15 is 0 Å². The molecular weight excluding hydrogens is 342 g/mol. The first-order valence-corrected chi connectivity index (χ1v) is 9.37. The van der Waals surface area contributed by atoms with Crippen molar-refractivity contribution in [2.45, 2.75) is 6.42 Å². The Morgan fingerprint density at radius 3 is 2.70 bits per heavy atom. The maximum atomic E-state index is 12.5. The molecule has 0 aliphatic carbocycles. The molecule has 3 heterocycles. The molecule has 1 fully saturated rings. The van der Waals surface area contributed by atoms with Crippen molar-refractivity contribution in [3.63, 3.8) is 0 Å². The van der Waals surface area contributed by atoms with E-state index in [1.165, 1.54) is 0 Å². The average Bonchev–Trinajstić information content (AvgIpc) is 2.73. The van der Waals surface area contributed by atoms with Crippen LogP contribution in [-0.4, -0.2) is 78.7 Å². The second kappa shape index (κ2) is 9.99. The molecule has 0 spiro atoms. The highest BCUT2D eigenvalue weighted by Gasteiger charge is 2.13. The lowest BCUT2D eigenvalue weighted by Gasteiger charge is -2.26. The van der Waals surface area contributed by atoms with Crippen LogP contribution in [0.2, 0.25) is 0 Å². The number of hydrogen-bond donors (Lipinski definition) is 1. The highest BCUT2D eigenvalue weighted by Crippen LogP contribution is 2.09. The molecule has 0 atom stereocenters. The Balaban J connectivity index is 1.43. The number of nitrogens with one attached hydrogen (secondary N) is 1. The molecule has 0 aromatic carbocycles. The molecule has 1 aliphatic rings. The minimum atomic E-state index is -0.0658. The lowest BCUT2D eigenvalue weighted by molar-refractivity contribution is 0.0398. The predicted molar refractivity (Wildman–Crippen MR) is 105 cm³/mol. The summed E-state index contributed by atoms with van der Waals surface area (Å²) in [6, 6.07) is 7.63. The quantitative estimate of drug-likeness (QED) is 0.761. The van der Waals surface area contributed by atoms with Crippen molar-refractivity contribution >= 4 is 11.6 Å². The first kappa shape index (κ1) is 19.3. The standard InChI is InChI=1S/C20H27N5O2/c1-24(10-6-17-4-7-21-8-5-17)20(26)19-3-2-18(16-23-19)22-9-11-25-12-14-27-15-13-25/h2-5,7-8,16,22H,6,9-15H2,1H3. The van der Waals surface area contributed by atoms with E-state index in [0.717, 1.165) is 57.1 Å². The van der Waals surface area contributed by atoms with E-state index in [1.807, 2.05) is 18.2 Å². The fourth-order valence-electron chi connectivity index (χ4n) is 2.95. The maximum Gasteiger partial charge on any atom is 0.272 e. The molecule has 0 radical (unpaired) electrons. The van der Waals surface area contributed by atoms with Gasteiger partial charge in [-0.15, -0.1) is 0 Å². The van der Waals surface area contributed by atoms with E-state index in [0.29, 0.717) is 12.2 Å². The van der Waals surface area contributed by atoms with Crippen molar-refractivity contribution in [1.29, 1.82) is 0 Å². The Morgan fingerprint density at radius 1 is 1.22 bits per heavy atom. The summed E-state index contributed by atoms with van der Waals surface area (Å²) in [7, 11) is 1.81. The number of rotatable bonds is 8. The Morgan fingerprint density at radius 2 is 2.00 bits per heavy atom. The van der Waals surface area contributed by atoms with Gasteiger partial charge < -0.3 is 15.0 Å². The van der Waals surface area contributed by atoms with Crippen LogP contribution in [0.5, 0.6) is 0 Å². The van der Waals surface area contributed by atoms with E-state index < -0.39 is 0 Å². The number of carbonyl (C=O) groups excluding carboxylic acids is 1. The van der Waals surface area contributed by atoms with Crippen molar-refractivity contribution in [2.24, 2.45) is 0 Å². The Labute approximate surface area is 160 Å². The summed E-state index contributed by atoms with van der Waals surface area (Å²) in [6.07, 6.45) is 6.06. The summed E-state index contributed by atoms with van der Waals surface area (Å²) in [6.45, 7) is 6.06. The SMILES string of the molecule is CN(CCc1ccncc1)C(=O)c1ccc(NCCN2CCOCC2)cn1. The van der Waals surface area contributed by atoms with Gasteiger partial charge in [0, 0.05) is 52.2 Å². The number of amides is 1. The van der Waals surface area contributed by atoms with Gasteiger partial charge in [-0.25, -0.2) is 4.98 Å². The minimum Gasteiger partial charge on any atom is -0.383 e. The zero-order chi connectivity index (χ0) is 18.9. The molecule has 144 valence electrons. The Hall–Kier alpha value is -2.51. The summed E-state index contributed by atoms with van der Waals surface area (Å²) in [4.78, 5) is 24.9. The van der Waals surface area contributed by atoms with E-state index in [2.05, 4.69) is 20.2 Å². The zero-order valence-corrected chi connectivity index (χ0v) is 15.8. The third-order valence-corrected chi connectivity index (χ3v) is 4.68. The number of likely N-dealkylation sites (N-methyl/N-ethyl adjacent to an activating group) is 1. The highest BCUT2D eigenvalue weighted by molar-refractivity contribution is 5.92. The molecular formula is C20H27N5O2. The number of anilines is 1. The molecule has 0 unspecified atom stereocenters. The minimum absolute atomic E-state index is 0.0658. The molecule has 7 nitrogen and oxygen atoms in total. The lowest BCUT2D eigenvalue weighted by atomic mass is 10.2. The molecule has 1 aliphatic heterocycles. The van der Waals surface area contributed by atoms with Crippen LogP contribution in [0.4, 0.5) is 5.69 Å². The number of carbonyl (C=O) groups is 1. The van der Waals surface area contributed by atoms with Gasteiger partial charge in [0.25, 0.3) is 5.91 Å². The van der Waals surface area contributed by atoms with Crippen molar-refractivity contribution in [3.8, 4) is 0 Å². The molecule has 2 aromatic heterocycles. The van der Waals surface area contributed by atoms with Gasteiger partial charge in [-0.2, -0.15) is 0 Å². The van der Waals surface area contributed by atoms with E-state index in [-0.39, 0.29) is 5.91 Å². The van der Waals surface area contributed by atoms with Crippen LogP contribution in [-0.2, 0) is 11.2 Å². The molecule has 1 N–H and O–H groups in total. The van der Waals surface area contributed by atoms with Gasteiger partial charge in [0.05, 0.1) is 25.1 Å². The third-order valence-electron chi connectivity index (χ3n) is 4.68. The molecule has 3 rings (SSSR count). The maximum absolute atomic E-state index is 12.5. The van der Waals surface area contributed by atoms with Gasteiger partial charge in [-0.3, -0.25) is 14.7 Å². The van der Waals surface area contributed by atoms with Crippen LogP contribution in [0.1, 0.15) is 16.1 Å². The van der Waals surface area contributed by atoms with Crippen molar-refractivity contribution < 1.29 is 9.53 Å². The van der Waals surface area contributed by atoms with Crippen LogP contribution in [0.3, 0.4) is 0 Å². The smallest absolute Gasteiger partial charge is 0.272 e. The topological polar surface area (TPSA) is 70.6 Å². The number of nitrogens with zero attached hydrogens (tertiary/aromatic N) is 4. The number of aromatic nitrogens is 2. The van der Waals surface area contributed by atoms with Crippen LogP contribution in [0, 0.1) is 0 Å². The van der Waals surface area contributed by atoms with Crippen molar-refractivity contribution in [2.75, 3.05) is 58.3 Å². The molecule has 0 bridgehead atoms. The first-order chi connectivity index (χ1) is 13.2. The third kappa shape index (κ3) is 6.01. The fourth-order valence-corrected chi connectivity index (χ4v) is 2.95. The number of morpholine rings is 1. The van der Waals surface area contributed by atoms with E-state index in [1.54, 1.807) is 36.6 Å². The van der Waals surface area contributed by atoms with Crippen LogP contribution >= 0.6 is 0 Å². The van der Waals surface area contributed by atoms with Gasteiger partial charge in [-0.05, 0) is 36.2 Å². The average molecular weight is 369 g/mol. The first-order valence-electron chi connectivity index (χ1n) is 9.37. The zero-order valence-electron chi connectivity index (χ0n) is 15.8. The molecule has 2 aromatic rings. The lowest BCUT2D eigenvalue weighted by Crippen LogP contribution is -2.39. The summed E-state index contributed by atoms with van der Waals surface area (Å²) >= 11 is 0. The van der Waals surface area contributed by atoms with Crippen LogP contribution in [0.25, 0.3) is 0 Å². The van der Waals surface area contributed by atoms with Crippen molar-refractivity contribution in [3.05, 3.63) is 54.1 Å². The Kier molecular flexibility index (Phi) is 7.12. The van der Waals surface area contributed by atoms with Gasteiger partial charge in [-0.1, -0.05) is 0 Å². The number of hydrogen-bond acceptors (Lipinski definition) is 6. The Bertz CT molecular complexity index is 702. The van der Waals surface area contributed by atoms with Gasteiger partial charge >= 0.3 is 0 Å². The van der Waals surface area contributed by atoms with E-state index in [4.69, 9.17) is 4.74 Å². The molecule has 27 heavy (non-hydrogen) atoms. The monoisotopic (exact) mass is 369 g/mol. The largest absolute Gasteiger partial charge is 0.383 e. The molecule has 1 saturated heterocycles. The second-order valence-corrected chi connectivity index (χ2v) is 6.65. The van der Waals surface area contributed by atoms with Gasteiger partial charge in [0.15, 0.2) is 0 Å². The molecule has 7 heteroatoms. The van der Waals surface area contributed by atoms with Gasteiger partial charge in [0.2, 0.25) is 0 Å². The number of ether oxygens (including phenoxy) is 1. The summed E-state index contributed by atoms with van der Waals surface area (Å²) in [5.41, 5.74) is 2.56. The van der Waals surface area contributed by atoms with E-state index in [9.17, 15) is 4.79 Å². The fraction of sp³-hybridized carbons (Fsp3) is 0.450. The number of pyridine rings is 2. The molecule has 1 amide bonds. The van der Waals surface area contributed by atoms with Crippen molar-refractivity contribution in [1.82, 2.24) is 19.8 Å². The highest BCUT2D eigenvalue weighted by atomic mass is 16.5. The van der Waals surface area contributed by atoms with Gasteiger partial charge in [0.1, 0.15) is 5.69 Å². The summed E-state index contributed by atoms with van der Waals surface area (Å²) < 4.78 is 5.35. The molecule has 0 saturated carbocycles. The van der Waals surface area contributed by atoms with Crippen LogP contribution < -0.4 is 5.32 Å². The summed E-state index contributed by atoms with van der Waals surface area (Å²) in [5.74, 6) is -0.0658. The van der Waals surface area contributed by atoms with Crippen LogP contribution in [0.15, 0.2) is 42.9 Å². The second-order valence-electron chi connectivity index (χ2n) is 6.65. The predicted octanol–water partition coefficient (Wildman–Crippen LogP) is 1.54.